The number of benzene rings is 2. The van der Waals surface area contributed by atoms with Crippen molar-refractivity contribution in [3.05, 3.63) is 65.7 Å². The van der Waals surface area contributed by atoms with Gasteiger partial charge in [-0.15, -0.1) is 0 Å². The van der Waals surface area contributed by atoms with Crippen molar-refractivity contribution in [1.29, 1.82) is 0 Å². The second-order valence-corrected chi connectivity index (χ2v) is 5.59. The first kappa shape index (κ1) is 15.1. The highest BCUT2D eigenvalue weighted by atomic mass is 16.6. The first-order valence-electron chi connectivity index (χ1n) is 7.38. The number of Topliss-reactive ketones (excluding diaryl/α,β-unsaturated/α-hetero) is 1. The maximum Gasteiger partial charge on any atom is 0.371 e. The lowest BCUT2D eigenvalue weighted by Crippen LogP contribution is -2.57. The summed E-state index contributed by atoms with van der Waals surface area (Å²) in [5.74, 6) is -4.14. The molecule has 2 aromatic rings. The zero-order valence-electron chi connectivity index (χ0n) is 12.7. The molecule has 0 bridgehead atoms. The summed E-state index contributed by atoms with van der Waals surface area (Å²) in [4.78, 5) is 38.0. The predicted molar refractivity (Wildman–Crippen MR) is 85.5 cm³/mol. The van der Waals surface area contributed by atoms with Gasteiger partial charge in [0.1, 0.15) is 11.3 Å². The number of nitrogens with zero attached hydrogens (tertiary/aromatic N) is 1. The summed E-state index contributed by atoms with van der Waals surface area (Å²) in [5.41, 5.74) is -3.19. The molecule has 1 atom stereocenters. The standard InChI is InChI=1S/C18H11NO6/c20-14(10-6-2-1-3-7-10)13-15(21)16(22)19-11-8-4-5-9-12(11)25-17(23)18(13,19)24/h1-9,20,24H/t18-/m0/s1. The third-order valence-electron chi connectivity index (χ3n) is 4.17. The Hall–Kier alpha value is -3.45. The van der Waals surface area contributed by atoms with Gasteiger partial charge in [0.05, 0.1) is 5.69 Å². The fraction of sp³-hybridized carbons (Fsp3) is 0.0556. The van der Waals surface area contributed by atoms with E-state index in [9.17, 15) is 24.6 Å². The third-order valence-corrected chi connectivity index (χ3v) is 4.17. The average Bonchev–Trinajstić information content (AvgIpc) is 2.83. The van der Waals surface area contributed by atoms with Gasteiger partial charge in [0.25, 0.3) is 11.5 Å². The number of fused-ring (bicyclic) bond motifs is 3. The topological polar surface area (TPSA) is 104 Å². The molecular weight excluding hydrogens is 326 g/mol. The Morgan fingerprint density at radius 3 is 2.32 bits per heavy atom. The predicted octanol–water partition coefficient (Wildman–Crippen LogP) is 1.18. The Labute approximate surface area is 141 Å². The molecule has 0 aromatic heterocycles. The van der Waals surface area contributed by atoms with Crippen LogP contribution in [0.5, 0.6) is 5.75 Å². The maximum atomic E-state index is 12.5. The van der Waals surface area contributed by atoms with E-state index in [4.69, 9.17) is 4.74 Å². The fourth-order valence-corrected chi connectivity index (χ4v) is 3.01. The van der Waals surface area contributed by atoms with E-state index in [1.807, 2.05) is 0 Å². The lowest BCUT2D eigenvalue weighted by Gasteiger charge is -2.36. The van der Waals surface area contributed by atoms with E-state index in [-0.39, 0.29) is 17.0 Å². The molecule has 2 aliphatic heterocycles. The van der Waals surface area contributed by atoms with E-state index in [0.29, 0.717) is 4.90 Å². The Bertz CT molecular complexity index is 965. The number of aliphatic hydroxyl groups is 2. The van der Waals surface area contributed by atoms with Crippen LogP contribution in [0.1, 0.15) is 5.56 Å². The molecule has 0 aliphatic carbocycles. The van der Waals surface area contributed by atoms with E-state index in [0.717, 1.165) is 0 Å². The number of hydrogen-bond donors (Lipinski definition) is 2. The van der Waals surface area contributed by atoms with Crippen molar-refractivity contribution < 1.29 is 29.3 Å². The summed E-state index contributed by atoms with van der Waals surface area (Å²) >= 11 is 0. The number of ketones is 1. The molecular formula is C18H11NO6. The van der Waals surface area contributed by atoms with Gasteiger partial charge in [0, 0.05) is 5.56 Å². The van der Waals surface area contributed by atoms with Gasteiger partial charge < -0.3 is 14.9 Å². The molecule has 25 heavy (non-hydrogen) atoms. The average molecular weight is 337 g/mol. The smallest absolute Gasteiger partial charge is 0.371 e. The van der Waals surface area contributed by atoms with Crippen molar-refractivity contribution in [3.63, 3.8) is 0 Å². The van der Waals surface area contributed by atoms with Gasteiger partial charge in [-0.2, -0.15) is 0 Å². The van der Waals surface area contributed by atoms with E-state index >= 15 is 0 Å². The van der Waals surface area contributed by atoms with Crippen LogP contribution in [0, 0.1) is 0 Å². The minimum absolute atomic E-state index is 0.0405. The number of amides is 1. The molecule has 2 aromatic carbocycles. The minimum Gasteiger partial charge on any atom is -0.507 e. The normalized spacial score (nSPS) is 23.9. The number of rotatable bonds is 1. The van der Waals surface area contributed by atoms with Crippen LogP contribution in [0.4, 0.5) is 5.69 Å². The van der Waals surface area contributed by atoms with Crippen LogP contribution < -0.4 is 9.64 Å². The monoisotopic (exact) mass is 337 g/mol. The van der Waals surface area contributed by atoms with Crippen molar-refractivity contribution in [2.45, 2.75) is 5.72 Å². The van der Waals surface area contributed by atoms with Crippen LogP contribution >= 0.6 is 0 Å². The van der Waals surface area contributed by atoms with E-state index in [2.05, 4.69) is 0 Å². The van der Waals surface area contributed by atoms with Crippen molar-refractivity contribution >= 4 is 29.1 Å². The van der Waals surface area contributed by atoms with E-state index in [1.165, 1.54) is 24.3 Å². The van der Waals surface area contributed by atoms with E-state index in [1.54, 1.807) is 30.3 Å². The highest BCUT2D eigenvalue weighted by Gasteiger charge is 2.65. The minimum atomic E-state index is -2.72. The molecule has 1 fully saturated rings. The van der Waals surface area contributed by atoms with Gasteiger partial charge in [-0.3, -0.25) is 14.5 Å². The third kappa shape index (κ3) is 1.87. The van der Waals surface area contributed by atoms with Gasteiger partial charge in [-0.05, 0) is 12.1 Å². The fourth-order valence-electron chi connectivity index (χ4n) is 3.01. The van der Waals surface area contributed by atoms with Gasteiger partial charge in [0.2, 0.25) is 0 Å². The quantitative estimate of drug-likeness (QED) is 0.266. The molecule has 2 N–H and O–H groups in total. The number of esters is 1. The zero-order valence-corrected chi connectivity index (χ0v) is 12.7. The van der Waals surface area contributed by atoms with Crippen molar-refractivity contribution in [2.24, 2.45) is 0 Å². The number of carbonyl (C=O) groups excluding carboxylic acids is 3. The van der Waals surface area contributed by atoms with Crippen molar-refractivity contribution in [2.75, 3.05) is 4.90 Å². The first-order chi connectivity index (χ1) is 12.0. The molecule has 124 valence electrons. The Balaban J connectivity index is 2.00. The zero-order chi connectivity index (χ0) is 17.8. The molecule has 1 amide bonds. The van der Waals surface area contributed by atoms with Gasteiger partial charge >= 0.3 is 11.9 Å². The van der Waals surface area contributed by atoms with Crippen LogP contribution in [0.25, 0.3) is 5.76 Å². The van der Waals surface area contributed by atoms with Crippen LogP contribution in [0.15, 0.2) is 60.2 Å². The second kappa shape index (κ2) is 5.02. The van der Waals surface area contributed by atoms with Gasteiger partial charge in [0.15, 0.2) is 5.75 Å². The van der Waals surface area contributed by atoms with Gasteiger partial charge in [-0.25, -0.2) is 4.79 Å². The molecule has 7 heteroatoms. The van der Waals surface area contributed by atoms with Crippen LogP contribution in [-0.4, -0.2) is 33.6 Å². The highest BCUT2D eigenvalue weighted by molar-refractivity contribution is 6.54. The summed E-state index contributed by atoms with van der Waals surface area (Å²) in [6, 6.07) is 13.9. The summed E-state index contributed by atoms with van der Waals surface area (Å²) in [7, 11) is 0. The number of carbonyl (C=O) groups is 3. The number of hydrogen-bond acceptors (Lipinski definition) is 6. The summed E-state index contributed by atoms with van der Waals surface area (Å²) in [6.07, 6.45) is 0. The number of ether oxygens (including phenoxy) is 1. The summed E-state index contributed by atoms with van der Waals surface area (Å²) in [5, 5.41) is 21.4. The largest absolute Gasteiger partial charge is 0.507 e. The number of anilines is 1. The van der Waals surface area contributed by atoms with Crippen LogP contribution in [0.3, 0.4) is 0 Å². The molecule has 1 saturated heterocycles. The van der Waals surface area contributed by atoms with E-state index < -0.39 is 34.7 Å². The molecule has 0 saturated carbocycles. The second-order valence-electron chi connectivity index (χ2n) is 5.59. The number of para-hydroxylation sites is 2. The molecule has 7 nitrogen and oxygen atoms in total. The van der Waals surface area contributed by atoms with Gasteiger partial charge in [-0.1, -0.05) is 42.5 Å². The molecule has 0 spiro atoms. The van der Waals surface area contributed by atoms with Crippen LogP contribution in [-0.2, 0) is 14.4 Å². The number of aliphatic hydroxyl groups excluding tert-OH is 1. The lowest BCUT2D eigenvalue weighted by molar-refractivity contribution is -0.153. The summed E-state index contributed by atoms with van der Waals surface area (Å²) in [6.45, 7) is 0. The first-order valence-corrected chi connectivity index (χ1v) is 7.38. The lowest BCUT2D eigenvalue weighted by atomic mass is 9.97. The SMILES string of the molecule is O=C1C(=O)N2c3ccccc3OC(=O)[C@@]2(O)C1=C(O)c1ccccc1. The van der Waals surface area contributed by atoms with Crippen LogP contribution in [0.2, 0.25) is 0 Å². The maximum absolute atomic E-state index is 12.5. The Morgan fingerprint density at radius 1 is 0.960 bits per heavy atom. The Morgan fingerprint density at radius 2 is 1.60 bits per heavy atom. The molecule has 2 heterocycles. The molecule has 2 aliphatic rings. The Kier molecular flexibility index (Phi) is 3.03. The van der Waals surface area contributed by atoms with Crippen molar-refractivity contribution in [1.82, 2.24) is 0 Å². The molecule has 0 radical (unpaired) electrons. The highest BCUT2D eigenvalue weighted by Crippen LogP contribution is 2.46. The molecule has 4 rings (SSSR count). The summed E-state index contributed by atoms with van der Waals surface area (Å²) < 4.78 is 5.08. The van der Waals surface area contributed by atoms with Crippen molar-refractivity contribution in [3.8, 4) is 5.75 Å². The molecule has 0 unspecified atom stereocenters.